The predicted molar refractivity (Wildman–Crippen MR) is 292 cm³/mol. The van der Waals surface area contributed by atoms with E-state index in [9.17, 15) is 64.9 Å². The van der Waals surface area contributed by atoms with Crippen LogP contribution in [0, 0.1) is 0 Å². The molecule has 0 aliphatic carbocycles. The van der Waals surface area contributed by atoms with E-state index in [2.05, 4.69) is 31.9 Å². The molecule has 0 bridgehead atoms. The van der Waals surface area contributed by atoms with E-state index >= 15 is 0 Å². The highest BCUT2D eigenvalue weighted by atomic mass is 79.9. The van der Waals surface area contributed by atoms with Gasteiger partial charge in [0, 0.05) is 31.0 Å². The van der Waals surface area contributed by atoms with Gasteiger partial charge < -0.3 is 4.42 Å². The van der Waals surface area contributed by atoms with Crippen molar-refractivity contribution in [3.63, 3.8) is 0 Å². The summed E-state index contributed by atoms with van der Waals surface area (Å²) in [5.41, 5.74) is 1.29. The lowest BCUT2D eigenvalue weighted by Crippen LogP contribution is -2.32. The van der Waals surface area contributed by atoms with Crippen LogP contribution in [-0.4, -0.2) is 68.2 Å². The fraction of sp³-hybridized carbons (Fsp3) is 0. The van der Waals surface area contributed by atoms with Crippen LogP contribution in [0.25, 0.3) is 22.3 Å². The Kier molecular flexibility index (Phi) is 18.7. The quantitative estimate of drug-likeness (QED) is 0.0776. The number of amides is 3. The van der Waals surface area contributed by atoms with Gasteiger partial charge in [0.05, 0.1) is 10.6 Å². The molecule has 8 aromatic rings. The van der Waals surface area contributed by atoms with Gasteiger partial charge in [-0.15, -0.1) is 0 Å². The number of nitrogens with two attached hydrogens (primary N) is 3. The lowest BCUT2D eigenvalue weighted by molar-refractivity contribution is 0.0972. The van der Waals surface area contributed by atoms with Gasteiger partial charge in [-0.2, -0.15) is 0 Å². The minimum Gasteiger partial charge on any atom is -0.456 e. The van der Waals surface area contributed by atoms with Crippen molar-refractivity contribution in [2.45, 2.75) is 29.4 Å². The Morgan fingerprint density at radius 1 is 0.410 bits per heavy atom. The third kappa shape index (κ3) is 15.3. The number of sulfonamides is 6. The first-order chi connectivity index (χ1) is 36.3. The van der Waals surface area contributed by atoms with E-state index < -0.39 is 107 Å². The molecule has 31 heteroatoms. The smallest absolute Gasteiger partial charge is 0.266 e. The van der Waals surface area contributed by atoms with Crippen LogP contribution >= 0.6 is 43.5 Å². The SMILES string of the molecule is NS(=O)(=O)c1ccccc1S(=O)(=O)NC(=O)c1ccc(Br)cc1.NS(=O)(=O)c1ccccc1S(=O)(=O)NC(=O)c1ccc(Br)cc1Cl.NS(=O)(=O)c1ccccc1S(=O)(=O)NC(=O)c1ccc2cc(-c3ccccc3)oc2c1. The standard InChI is InChI=1S/C21H16N2O6S2.C13H10BrClN2O5S2.C13H11BrN2O5S2/c22-30(25,26)19-8-4-5-9-20(19)31(27,28)23-21(24)16-11-10-15-12-17(29-18(15)13-16)14-6-2-1-3-7-14;14-8-5-6-9(10(15)7-8)13(18)17-24(21,22)12-4-2-1-3-11(12)23(16,19)20;14-10-7-5-9(6-8-10)13(17)16-23(20,21)12-4-2-1-3-11(12)22(15,18)19/h1-13H,(H,23,24)(H2,22,25,26);1-7H,(H,17,18)(H2,16,19,20);1-8H,(H,16,17)(H2,15,18,19). The number of rotatable bonds is 13. The zero-order valence-electron chi connectivity index (χ0n) is 39.0. The summed E-state index contributed by atoms with van der Waals surface area (Å²) in [6.45, 7) is 0. The van der Waals surface area contributed by atoms with Crippen molar-refractivity contribution < 1.29 is 69.3 Å². The first kappa shape index (κ1) is 60.5. The summed E-state index contributed by atoms with van der Waals surface area (Å²) in [5.74, 6) is -2.23. The van der Waals surface area contributed by atoms with Gasteiger partial charge in [0.2, 0.25) is 30.1 Å². The molecule has 3 amide bonds. The normalized spacial score (nSPS) is 12.0. The number of furan rings is 1. The number of hydrogen-bond donors (Lipinski definition) is 6. The molecule has 0 unspecified atom stereocenters. The maximum absolute atomic E-state index is 12.7. The van der Waals surface area contributed by atoms with Crippen LogP contribution in [0.2, 0.25) is 5.02 Å². The van der Waals surface area contributed by atoms with Gasteiger partial charge >= 0.3 is 0 Å². The molecule has 0 spiro atoms. The predicted octanol–water partition coefficient (Wildman–Crippen LogP) is 5.95. The van der Waals surface area contributed by atoms with Crippen molar-refractivity contribution in [3.8, 4) is 11.3 Å². The lowest BCUT2D eigenvalue weighted by atomic mass is 10.1. The molecule has 9 N–H and O–H groups in total. The van der Waals surface area contributed by atoms with Gasteiger partial charge in [-0.1, -0.05) is 116 Å². The van der Waals surface area contributed by atoms with Crippen LogP contribution in [0.1, 0.15) is 31.1 Å². The van der Waals surface area contributed by atoms with E-state index in [1.165, 1.54) is 78.9 Å². The molecule has 1 heterocycles. The van der Waals surface area contributed by atoms with Gasteiger partial charge in [0.25, 0.3) is 47.8 Å². The summed E-state index contributed by atoms with van der Waals surface area (Å²) in [4.78, 5) is 33.1. The van der Waals surface area contributed by atoms with Gasteiger partial charge in [-0.3, -0.25) is 14.4 Å². The highest BCUT2D eigenvalue weighted by molar-refractivity contribution is 9.10. The molecule has 0 saturated carbocycles. The summed E-state index contributed by atoms with van der Waals surface area (Å²) in [6, 6.07) is 40.1. The van der Waals surface area contributed by atoms with Crippen molar-refractivity contribution in [1.82, 2.24) is 14.2 Å². The molecule has 0 fully saturated rings. The second-order valence-electron chi connectivity index (χ2n) is 15.6. The van der Waals surface area contributed by atoms with Gasteiger partial charge in [0.1, 0.15) is 40.7 Å². The van der Waals surface area contributed by atoms with Crippen molar-refractivity contribution in [3.05, 3.63) is 201 Å². The van der Waals surface area contributed by atoms with Crippen molar-refractivity contribution in [2.75, 3.05) is 0 Å². The maximum Gasteiger partial charge on any atom is 0.266 e. The van der Waals surface area contributed by atoms with E-state index in [-0.39, 0.29) is 21.7 Å². The first-order valence-corrected chi connectivity index (χ1v) is 32.2. The average molecular weight is 1330 g/mol. The Labute approximate surface area is 468 Å². The first-order valence-electron chi connectivity index (χ1n) is 21.1. The van der Waals surface area contributed by atoms with Gasteiger partial charge in [-0.25, -0.2) is 80.1 Å². The highest BCUT2D eigenvalue weighted by Gasteiger charge is 2.29. The Morgan fingerprint density at radius 3 is 1.21 bits per heavy atom. The van der Waals surface area contributed by atoms with Crippen molar-refractivity contribution in [1.29, 1.82) is 0 Å². The van der Waals surface area contributed by atoms with Crippen LogP contribution in [0.4, 0.5) is 0 Å². The second kappa shape index (κ2) is 24.1. The highest BCUT2D eigenvalue weighted by Crippen LogP contribution is 2.29. The summed E-state index contributed by atoms with van der Waals surface area (Å²) in [6.07, 6.45) is 0. The summed E-state index contributed by atoms with van der Waals surface area (Å²) in [7, 11) is -26.2. The minimum atomic E-state index is -4.50. The van der Waals surface area contributed by atoms with E-state index in [1.807, 2.05) is 45.8 Å². The summed E-state index contributed by atoms with van der Waals surface area (Å²) < 4.78 is 157. The topological polar surface area (TPSA) is 383 Å². The number of nitrogens with one attached hydrogen (secondary N) is 3. The zero-order chi connectivity index (χ0) is 57.6. The van der Waals surface area contributed by atoms with E-state index in [0.29, 0.717) is 15.8 Å². The molecule has 22 nitrogen and oxygen atoms in total. The molecule has 0 radical (unpaired) electrons. The van der Waals surface area contributed by atoms with Crippen LogP contribution < -0.4 is 29.6 Å². The van der Waals surface area contributed by atoms with Crippen LogP contribution in [-0.2, 0) is 60.1 Å². The Balaban J connectivity index is 0.000000192. The fourth-order valence-electron chi connectivity index (χ4n) is 6.62. The maximum atomic E-state index is 12.7. The average Bonchev–Trinajstić information content (AvgIpc) is 3.85. The number of halogens is 3. The number of carbonyl (C=O) groups is 3. The minimum absolute atomic E-state index is 0.0248. The summed E-state index contributed by atoms with van der Waals surface area (Å²) >= 11 is 12.3. The van der Waals surface area contributed by atoms with Crippen LogP contribution in [0.15, 0.2) is 213 Å². The second-order valence-corrected chi connectivity index (χ2v) is 27.4. The number of carbonyl (C=O) groups excluding carboxylic acids is 3. The fourth-order valence-corrected chi connectivity index (χ4v) is 14.7. The molecule has 7 aromatic carbocycles. The van der Waals surface area contributed by atoms with Crippen LogP contribution in [0.5, 0.6) is 0 Å². The number of hydrogen-bond acceptors (Lipinski definition) is 16. The van der Waals surface area contributed by atoms with E-state index in [4.69, 9.17) is 31.4 Å². The molecule has 0 atom stereocenters. The number of benzene rings is 7. The molecule has 0 aliphatic rings. The van der Waals surface area contributed by atoms with Crippen LogP contribution in [0.3, 0.4) is 0 Å². The lowest BCUT2D eigenvalue weighted by Gasteiger charge is -2.11. The molecule has 0 saturated heterocycles. The number of primary sulfonamides is 3. The Bertz CT molecular complexity index is 4370. The largest absolute Gasteiger partial charge is 0.456 e. The molecule has 8 rings (SSSR count). The third-order valence-corrected chi connectivity index (χ3v) is 18.9. The van der Waals surface area contributed by atoms with E-state index in [0.717, 1.165) is 51.8 Å². The summed E-state index contributed by atoms with van der Waals surface area (Å²) in [5, 5.41) is 15.9. The van der Waals surface area contributed by atoms with Gasteiger partial charge in [0.15, 0.2) is 0 Å². The third-order valence-electron chi connectivity index (χ3n) is 10.1. The zero-order valence-corrected chi connectivity index (χ0v) is 47.8. The van der Waals surface area contributed by atoms with E-state index in [1.54, 1.807) is 22.9 Å². The molecular formula is C47H37Br2ClN6O16S6. The Morgan fingerprint density at radius 2 is 0.782 bits per heavy atom. The monoisotopic (exact) mass is 1330 g/mol. The molecule has 1 aromatic heterocycles. The molecular weight excluding hydrogens is 1290 g/mol. The molecule has 0 aliphatic heterocycles. The molecule has 78 heavy (non-hydrogen) atoms. The molecule has 408 valence electrons. The van der Waals surface area contributed by atoms with Gasteiger partial charge in [-0.05, 0) is 97.1 Å². The van der Waals surface area contributed by atoms with Crippen molar-refractivity contribution >= 4 is 132 Å². The Hall–Kier alpha value is -6.68. The van der Waals surface area contributed by atoms with Crippen molar-refractivity contribution in [2.24, 2.45) is 15.4 Å². The number of fused-ring (bicyclic) bond motifs is 1.